The van der Waals surface area contributed by atoms with E-state index in [1.54, 1.807) is 7.11 Å². The van der Waals surface area contributed by atoms with E-state index < -0.39 is 6.04 Å². The van der Waals surface area contributed by atoms with Crippen molar-refractivity contribution in [2.24, 2.45) is 5.73 Å². The summed E-state index contributed by atoms with van der Waals surface area (Å²) in [6, 6.07) is 8.78. The molecule has 5 heteroatoms. The number of hydrogen-bond donors (Lipinski definition) is 2. The van der Waals surface area contributed by atoms with Gasteiger partial charge in [-0.3, -0.25) is 4.79 Å². The second kappa shape index (κ2) is 9.88. The van der Waals surface area contributed by atoms with E-state index in [9.17, 15) is 4.79 Å². The van der Waals surface area contributed by atoms with Crippen molar-refractivity contribution < 1.29 is 9.53 Å². The van der Waals surface area contributed by atoms with Crippen molar-refractivity contribution in [2.75, 3.05) is 20.3 Å². The number of carbonyl (C=O) groups is 1. The number of nitrogens with one attached hydrogen (secondary N) is 1. The maximum atomic E-state index is 11.7. The Balaban J connectivity index is 0.00000289. The lowest BCUT2D eigenvalue weighted by Crippen LogP contribution is -2.34. The molecule has 0 fully saturated rings. The zero-order valence-corrected chi connectivity index (χ0v) is 11.4. The molecule has 0 radical (unpaired) electrons. The number of carbonyl (C=O) groups excluding carboxylic acids is 1. The molecular weight excluding hydrogens is 252 g/mol. The summed E-state index contributed by atoms with van der Waals surface area (Å²) in [5.41, 5.74) is 6.68. The van der Waals surface area contributed by atoms with Crippen LogP contribution in [0.5, 0.6) is 0 Å². The molecule has 0 heterocycles. The number of nitrogens with two attached hydrogens (primary N) is 1. The highest BCUT2D eigenvalue weighted by atomic mass is 35.5. The third-order valence-electron chi connectivity index (χ3n) is 2.52. The van der Waals surface area contributed by atoms with Gasteiger partial charge in [-0.1, -0.05) is 30.3 Å². The monoisotopic (exact) mass is 272 g/mol. The standard InChI is InChI=1S/C13H20N2O2.ClH/c1-17-10-6-5-9-15-13(16)12(14)11-7-3-2-4-8-11;/h2-4,7-8,12H,5-6,9-10,14H2,1H3,(H,15,16);1H. The number of unbranched alkanes of at least 4 members (excludes halogenated alkanes) is 1. The van der Waals surface area contributed by atoms with Gasteiger partial charge in [0.1, 0.15) is 6.04 Å². The number of halogens is 1. The Morgan fingerprint density at radius 1 is 1.33 bits per heavy atom. The zero-order valence-electron chi connectivity index (χ0n) is 10.6. The van der Waals surface area contributed by atoms with E-state index in [0.717, 1.165) is 25.0 Å². The smallest absolute Gasteiger partial charge is 0.241 e. The number of benzene rings is 1. The van der Waals surface area contributed by atoms with Gasteiger partial charge < -0.3 is 15.8 Å². The van der Waals surface area contributed by atoms with Crippen molar-refractivity contribution >= 4 is 18.3 Å². The first-order valence-electron chi connectivity index (χ1n) is 5.83. The Hall–Kier alpha value is -1.10. The summed E-state index contributed by atoms with van der Waals surface area (Å²) in [6.07, 6.45) is 1.85. The fourth-order valence-electron chi connectivity index (χ4n) is 1.50. The lowest BCUT2D eigenvalue weighted by molar-refractivity contribution is -0.122. The minimum Gasteiger partial charge on any atom is -0.385 e. The molecule has 102 valence electrons. The van der Waals surface area contributed by atoms with Crippen LogP contribution in [-0.4, -0.2) is 26.2 Å². The number of amides is 1. The second-order valence-electron chi connectivity index (χ2n) is 3.88. The molecule has 1 rings (SSSR count). The van der Waals surface area contributed by atoms with E-state index in [-0.39, 0.29) is 18.3 Å². The van der Waals surface area contributed by atoms with Crippen molar-refractivity contribution in [2.45, 2.75) is 18.9 Å². The van der Waals surface area contributed by atoms with Crippen LogP contribution in [0.3, 0.4) is 0 Å². The van der Waals surface area contributed by atoms with Crippen molar-refractivity contribution in [3.8, 4) is 0 Å². The summed E-state index contributed by atoms with van der Waals surface area (Å²) in [4.78, 5) is 11.7. The third kappa shape index (κ3) is 6.00. The van der Waals surface area contributed by atoms with E-state index in [1.807, 2.05) is 30.3 Å². The highest BCUT2D eigenvalue weighted by Crippen LogP contribution is 2.08. The minimum atomic E-state index is -0.585. The predicted molar refractivity (Wildman–Crippen MR) is 74.7 cm³/mol. The fourth-order valence-corrected chi connectivity index (χ4v) is 1.50. The van der Waals surface area contributed by atoms with E-state index >= 15 is 0 Å². The van der Waals surface area contributed by atoms with Crippen molar-refractivity contribution in [3.63, 3.8) is 0 Å². The summed E-state index contributed by atoms with van der Waals surface area (Å²) >= 11 is 0. The Morgan fingerprint density at radius 3 is 2.61 bits per heavy atom. The van der Waals surface area contributed by atoms with Gasteiger partial charge in [0.2, 0.25) is 5.91 Å². The Bertz CT molecular complexity index is 333. The summed E-state index contributed by atoms with van der Waals surface area (Å²) < 4.78 is 4.93. The van der Waals surface area contributed by atoms with Gasteiger partial charge in [0.25, 0.3) is 0 Å². The molecule has 18 heavy (non-hydrogen) atoms. The maximum absolute atomic E-state index is 11.7. The predicted octanol–water partition coefficient (Wildman–Crippen LogP) is 1.65. The van der Waals surface area contributed by atoms with Gasteiger partial charge in [-0.2, -0.15) is 0 Å². The van der Waals surface area contributed by atoms with E-state index in [2.05, 4.69) is 5.32 Å². The first-order chi connectivity index (χ1) is 8.25. The lowest BCUT2D eigenvalue weighted by Gasteiger charge is -2.12. The molecule has 3 N–H and O–H groups in total. The molecule has 4 nitrogen and oxygen atoms in total. The molecule has 0 aliphatic rings. The van der Waals surface area contributed by atoms with Crippen molar-refractivity contribution in [1.29, 1.82) is 0 Å². The Morgan fingerprint density at radius 2 is 2.00 bits per heavy atom. The molecule has 0 aliphatic carbocycles. The minimum absolute atomic E-state index is 0. The molecule has 1 unspecified atom stereocenters. The number of ether oxygens (including phenoxy) is 1. The average molecular weight is 273 g/mol. The van der Waals surface area contributed by atoms with Crippen LogP contribution < -0.4 is 11.1 Å². The fraction of sp³-hybridized carbons (Fsp3) is 0.462. The van der Waals surface area contributed by atoms with Gasteiger partial charge in [0.15, 0.2) is 0 Å². The van der Waals surface area contributed by atoms with Crippen LogP contribution in [0.4, 0.5) is 0 Å². The SMILES string of the molecule is COCCCCNC(=O)C(N)c1ccccc1.Cl. The van der Waals surface area contributed by atoms with Gasteiger partial charge in [-0.25, -0.2) is 0 Å². The number of rotatable bonds is 7. The molecule has 0 saturated carbocycles. The normalized spacial score (nSPS) is 11.4. The van der Waals surface area contributed by atoms with E-state index in [1.165, 1.54) is 0 Å². The molecular formula is C13H21ClN2O2. The van der Waals surface area contributed by atoms with Crippen LogP contribution in [0.15, 0.2) is 30.3 Å². The molecule has 0 spiro atoms. The van der Waals surface area contributed by atoms with Crippen LogP contribution in [0.1, 0.15) is 24.4 Å². The van der Waals surface area contributed by atoms with E-state index in [0.29, 0.717) is 6.54 Å². The van der Waals surface area contributed by atoms with Gasteiger partial charge in [0.05, 0.1) is 0 Å². The second-order valence-corrected chi connectivity index (χ2v) is 3.88. The summed E-state index contributed by atoms with van der Waals surface area (Å²) in [5, 5.41) is 2.82. The van der Waals surface area contributed by atoms with Gasteiger partial charge in [-0.05, 0) is 18.4 Å². The van der Waals surface area contributed by atoms with E-state index in [4.69, 9.17) is 10.5 Å². The summed E-state index contributed by atoms with van der Waals surface area (Å²) in [5.74, 6) is -0.131. The molecule has 0 bridgehead atoms. The molecule has 1 aromatic carbocycles. The van der Waals surface area contributed by atoms with Gasteiger partial charge >= 0.3 is 0 Å². The van der Waals surface area contributed by atoms with Crippen molar-refractivity contribution in [3.05, 3.63) is 35.9 Å². The largest absolute Gasteiger partial charge is 0.385 e. The van der Waals surface area contributed by atoms with Gasteiger partial charge in [0, 0.05) is 20.3 Å². The Labute approximate surface area is 114 Å². The van der Waals surface area contributed by atoms with Crippen LogP contribution >= 0.6 is 12.4 Å². The zero-order chi connectivity index (χ0) is 12.5. The average Bonchev–Trinajstić information content (AvgIpc) is 2.38. The third-order valence-corrected chi connectivity index (χ3v) is 2.52. The Kier molecular flexibility index (Phi) is 9.28. The summed E-state index contributed by atoms with van der Waals surface area (Å²) in [6.45, 7) is 1.36. The first-order valence-corrected chi connectivity index (χ1v) is 5.83. The topological polar surface area (TPSA) is 64.3 Å². The van der Waals surface area contributed by atoms with Crippen LogP contribution in [0.2, 0.25) is 0 Å². The van der Waals surface area contributed by atoms with Crippen LogP contribution in [0.25, 0.3) is 0 Å². The molecule has 1 atom stereocenters. The number of hydrogen-bond acceptors (Lipinski definition) is 3. The van der Waals surface area contributed by atoms with Crippen molar-refractivity contribution in [1.82, 2.24) is 5.32 Å². The first kappa shape index (κ1) is 16.9. The highest BCUT2D eigenvalue weighted by molar-refractivity contribution is 5.85. The molecule has 0 aromatic heterocycles. The highest BCUT2D eigenvalue weighted by Gasteiger charge is 2.14. The van der Waals surface area contributed by atoms with Gasteiger partial charge in [-0.15, -0.1) is 12.4 Å². The molecule has 1 amide bonds. The summed E-state index contributed by atoms with van der Waals surface area (Å²) in [7, 11) is 1.67. The lowest BCUT2D eigenvalue weighted by atomic mass is 10.1. The molecule has 0 aliphatic heterocycles. The number of methoxy groups -OCH3 is 1. The maximum Gasteiger partial charge on any atom is 0.241 e. The quantitative estimate of drug-likeness (QED) is 0.742. The van der Waals surface area contributed by atoms with Crippen LogP contribution in [-0.2, 0) is 9.53 Å². The molecule has 1 aromatic rings. The van der Waals surface area contributed by atoms with Crippen LogP contribution in [0, 0.1) is 0 Å². The molecule has 0 saturated heterocycles.